The van der Waals surface area contributed by atoms with Crippen molar-refractivity contribution in [1.82, 2.24) is 19.4 Å². The number of hydrogen-bond donors (Lipinski definition) is 1. The van der Waals surface area contributed by atoms with E-state index in [1.54, 1.807) is 23.9 Å². The van der Waals surface area contributed by atoms with Crippen LogP contribution < -0.4 is 15.8 Å². The zero-order valence-electron chi connectivity index (χ0n) is 18.7. The van der Waals surface area contributed by atoms with E-state index >= 15 is 0 Å². The molecule has 3 heterocycles. The van der Waals surface area contributed by atoms with E-state index in [1.807, 2.05) is 12.1 Å². The average molecular weight is 439 g/mol. The molecule has 0 saturated carbocycles. The number of nitrogens with one attached hydrogen (secondary N) is 1. The summed E-state index contributed by atoms with van der Waals surface area (Å²) in [5.41, 5.74) is 2.58. The van der Waals surface area contributed by atoms with E-state index in [0.29, 0.717) is 38.0 Å². The zero-order chi connectivity index (χ0) is 22.3. The van der Waals surface area contributed by atoms with Crippen LogP contribution in [0, 0.1) is 0 Å². The van der Waals surface area contributed by atoms with E-state index < -0.39 is 0 Å². The Morgan fingerprint density at radius 3 is 2.53 bits per heavy atom. The quantitative estimate of drug-likeness (QED) is 0.508. The molecule has 1 aliphatic heterocycles. The first-order valence-electron chi connectivity index (χ1n) is 10.9. The number of piperazine rings is 1. The molecule has 2 aromatic heterocycles. The lowest BCUT2D eigenvalue weighted by Crippen LogP contribution is -2.44. The third kappa shape index (κ3) is 5.42. The van der Waals surface area contributed by atoms with Crippen LogP contribution >= 0.6 is 0 Å². The van der Waals surface area contributed by atoms with Gasteiger partial charge in [0.15, 0.2) is 0 Å². The molecule has 0 spiro atoms. The van der Waals surface area contributed by atoms with Crippen molar-refractivity contribution in [3.05, 3.63) is 52.9 Å². The van der Waals surface area contributed by atoms with Crippen molar-refractivity contribution in [3.63, 3.8) is 0 Å². The van der Waals surface area contributed by atoms with Gasteiger partial charge in [-0.2, -0.15) is 4.98 Å². The van der Waals surface area contributed by atoms with Gasteiger partial charge in [0.2, 0.25) is 5.95 Å². The molecule has 170 valence electrons. The third-order valence-corrected chi connectivity index (χ3v) is 5.61. The first-order valence-corrected chi connectivity index (χ1v) is 10.9. The van der Waals surface area contributed by atoms with Gasteiger partial charge in [-0.15, -0.1) is 0 Å². The SMILES string of the molecule is COCCOCCn1c(=O)ccc2cnc(Nc3ccc(N4CCN(C)CC4)cc3)nc21. The summed E-state index contributed by atoms with van der Waals surface area (Å²) in [5.74, 6) is 0.449. The molecule has 0 aliphatic carbocycles. The van der Waals surface area contributed by atoms with Gasteiger partial charge in [0.1, 0.15) is 5.65 Å². The molecule has 1 fully saturated rings. The average Bonchev–Trinajstić information content (AvgIpc) is 2.81. The number of ether oxygens (including phenoxy) is 2. The van der Waals surface area contributed by atoms with Crippen LogP contribution in [-0.2, 0) is 16.0 Å². The van der Waals surface area contributed by atoms with Crippen LogP contribution in [0.4, 0.5) is 17.3 Å². The molecular weight excluding hydrogens is 408 g/mol. The first-order chi connectivity index (χ1) is 15.6. The summed E-state index contributed by atoms with van der Waals surface area (Å²) in [4.78, 5) is 26.2. The van der Waals surface area contributed by atoms with Crippen LogP contribution in [0.15, 0.2) is 47.4 Å². The number of rotatable bonds is 9. The predicted molar refractivity (Wildman–Crippen MR) is 126 cm³/mol. The fourth-order valence-electron chi connectivity index (χ4n) is 3.70. The second-order valence-corrected chi connectivity index (χ2v) is 7.86. The largest absolute Gasteiger partial charge is 0.382 e. The Kier molecular flexibility index (Phi) is 7.31. The molecule has 1 aliphatic rings. The first kappa shape index (κ1) is 22.2. The van der Waals surface area contributed by atoms with Gasteiger partial charge in [0.05, 0.1) is 26.4 Å². The van der Waals surface area contributed by atoms with Crippen molar-refractivity contribution < 1.29 is 9.47 Å². The lowest BCUT2D eigenvalue weighted by atomic mass is 10.2. The second kappa shape index (κ2) is 10.5. The molecule has 0 atom stereocenters. The third-order valence-electron chi connectivity index (χ3n) is 5.61. The van der Waals surface area contributed by atoms with Crippen molar-refractivity contribution >= 4 is 28.4 Å². The Hall–Kier alpha value is -3.01. The number of anilines is 3. The van der Waals surface area contributed by atoms with Crippen molar-refractivity contribution in [1.29, 1.82) is 0 Å². The molecule has 0 unspecified atom stereocenters. The van der Waals surface area contributed by atoms with E-state index in [9.17, 15) is 4.79 Å². The number of pyridine rings is 1. The van der Waals surface area contributed by atoms with E-state index in [0.717, 1.165) is 37.3 Å². The molecule has 0 bridgehead atoms. The fraction of sp³-hybridized carbons (Fsp3) is 0.435. The molecular formula is C23H30N6O3. The smallest absolute Gasteiger partial charge is 0.252 e. The van der Waals surface area contributed by atoms with Crippen molar-refractivity contribution in [2.75, 3.05) is 70.4 Å². The van der Waals surface area contributed by atoms with Crippen molar-refractivity contribution in [2.24, 2.45) is 0 Å². The number of nitrogens with zero attached hydrogens (tertiary/aromatic N) is 5. The van der Waals surface area contributed by atoms with Gasteiger partial charge in [0.25, 0.3) is 5.56 Å². The van der Waals surface area contributed by atoms with Crippen LogP contribution in [0.2, 0.25) is 0 Å². The molecule has 0 amide bonds. The monoisotopic (exact) mass is 438 g/mol. The Bertz CT molecular complexity index is 1080. The Labute approximate surface area is 187 Å². The predicted octanol–water partition coefficient (Wildman–Crippen LogP) is 1.95. The minimum atomic E-state index is -0.117. The van der Waals surface area contributed by atoms with Crippen molar-refractivity contribution in [2.45, 2.75) is 6.54 Å². The van der Waals surface area contributed by atoms with Crippen LogP contribution in [0.1, 0.15) is 0 Å². The Morgan fingerprint density at radius 1 is 1.00 bits per heavy atom. The summed E-state index contributed by atoms with van der Waals surface area (Å²) in [7, 11) is 3.78. The highest BCUT2D eigenvalue weighted by molar-refractivity contribution is 5.75. The number of hydrogen-bond acceptors (Lipinski definition) is 8. The van der Waals surface area contributed by atoms with Crippen LogP contribution in [0.3, 0.4) is 0 Å². The van der Waals surface area contributed by atoms with Gasteiger partial charge in [-0.05, 0) is 37.4 Å². The van der Waals surface area contributed by atoms with Gasteiger partial charge in [-0.25, -0.2) is 4.98 Å². The molecule has 1 aromatic carbocycles. The second-order valence-electron chi connectivity index (χ2n) is 7.86. The molecule has 1 saturated heterocycles. The maximum atomic E-state index is 12.4. The van der Waals surface area contributed by atoms with Crippen molar-refractivity contribution in [3.8, 4) is 0 Å². The number of aromatic nitrogens is 3. The number of benzene rings is 1. The molecule has 1 N–H and O–H groups in total. The number of likely N-dealkylation sites (N-methyl/N-ethyl adjacent to an activating group) is 1. The molecule has 4 rings (SSSR count). The van der Waals surface area contributed by atoms with Crippen LogP contribution in [0.25, 0.3) is 11.0 Å². The lowest BCUT2D eigenvalue weighted by Gasteiger charge is -2.34. The molecule has 32 heavy (non-hydrogen) atoms. The molecule has 9 heteroatoms. The summed E-state index contributed by atoms with van der Waals surface area (Å²) in [6.45, 7) is 6.04. The van der Waals surface area contributed by atoms with E-state index in [-0.39, 0.29) is 5.56 Å². The molecule has 3 aromatic rings. The number of methoxy groups -OCH3 is 1. The maximum absolute atomic E-state index is 12.4. The fourth-order valence-corrected chi connectivity index (χ4v) is 3.70. The van der Waals surface area contributed by atoms with Gasteiger partial charge in [-0.3, -0.25) is 9.36 Å². The normalized spacial score (nSPS) is 14.8. The van der Waals surface area contributed by atoms with Gasteiger partial charge < -0.3 is 24.6 Å². The summed E-state index contributed by atoms with van der Waals surface area (Å²) in [6, 6.07) is 11.6. The Balaban J connectivity index is 1.47. The summed E-state index contributed by atoms with van der Waals surface area (Å²) in [5, 5.41) is 4.06. The van der Waals surface area contributed by atoms with Gasteiger partial charge in [0, 0.05) is 62.3 Å². The molecule has 9 nitrogen and oxygen atoms in total. The van der Waals surface area contributed by atoms with E-state index in [4.69, 9.17) is 9.47 Å². The summed E-state index contributed by atoms with van der Waals surface area (Å²) < 4.78 is 12.1. The summed E-state index contributed by atoms with van der Waals surface area (Å²) >= 11 is 0. The lowest BCUT2D eigenvalue weighted by molar-refractivity contribution is 0.0666. The Morgan fingerprint density at radius 2 is 1.78 bits per heavy atom. The maximum Gasteiger partial charge on any atom is 0.252 e. The zero-order valence-corrected chi connectivity index (χ0v) is 18.7. The highest BCUT2D eigenvalue weighted by atomic mass is 16.5. The highest BCUT2D eigenvalue weighted by Gasteiger charge is 2.14. The molecule has 0 radical (unpaired) electrons. The van der Waals surface area contributed by atoms with Gasteiger partial charge in [-0.1, -0.05) is 0 Å². The summed E-state index contributed by atoms with van der Waals surface area (Å²) in [6.07, 6.45) is 1.73. The minimum Gasteiger partial charge on any atom is -0.382 e. The highest BCUT2D eigenvalue weighted by Crippen LogP contribution is 2.21. The van der Waals surface area contributed by atoms with E-state index in [1.165, 1.54) is 11.8 Å². The minimum absolute atomic E-state index is 0.117. The standard InChI is InChI=1S/C23H30N6O3/c1-27-9-11-28(12-10-27)20-6-4-19(5-7-20)25-23-24-17-18-3-8-21(30)29(22(18)26-23)13-14-32-16-15-31-2/h3-8,17H,9-16H2,1-2H3,(H,24,25,26). The topological polar surface area (TPSA) is 84.7 Å². The van der Waals surface area contributed by atoms with Crippen LogP contribution in [0.5, 0.6) is 0 Å². The van der Waals surface area contributed by atoms with E-state index in [2.05, 4.69) is 44.3 Å². The van der Waals surface area contributed by atoms with Gasteiger partial charge >= 0.3 is 0 Å². The number of fused-ring (bicyclic) bond motifs is 1. The van der Waals surface area contributed by atoms with Crippen LogP contribution in [-0.4, -0.2) is 79.6 Å².